The minimum absolute atomic E-state index is 0.00440. The largest absolute Gasteiger partial charge is 0.394 e. The van der Waals surface area contributed by atoms with Crippen LogP contribution in [0.5, 0.6) is 0 Å². The summed E-state index contributed by atoms with van der Waals surface area (Å²) in [6, 6.07) is 0.0279. The summed E-state index contributed by atoms with van der Waals surface area (Å²) in [5.41, 5.74) is 5.14. The Balaban J connectivity index is 2.50. The average Bonchev–Trinajstić information content (AvgIpc) is 2.92. The van der Waals surface area contributed by atoms with Crippen LogP contribution >= 0.6 is 0 Å². The fraction of sp³-hybridized carbons (Fsp3) is 0.900. The zero-order chi connectivity index (χ0) is 10.8. The molecular formula is C10H20N2O2. The average molecular weight is 200 g/mol. The number of rotatable bonds is 5. The van der Waals surface area contributed by atoms with Crippen LogP contribution in [0, 0.1) is 5.92 Å². The third-order valence-electron chi connectivity index (χ3n) is 3.22. The van der Waals surface area contributed by atoms with E-state index in [0.717, 1.165) is 19.3 Å². The van der Waals surface area contributed by atoms with E-state index in [4.69, 9.17) is 5.73 Å². The first-order valence-corrected chi connectivity index (χ1v) is 5.27. The van der Waals surface area contributed by atoms with Gasteiger partial charge in [-0.2, -0.15) is 0 Å². The highest BCUT2D eigenvalue weighted by Gasteiger charge is 2.42. The molecular weight excluding hydrogens is 180 g/mol. The highest BCUT2D eigenvalue weighted by Crippen LogP contribution is 2.29. The van der Waals surface area contributed by atoms with Crippen molar-refractivity contribution in [1.82, 2.24) is 5.32 Å². The first kappa shape index (κ1) is 11.5. The molecule has 4 N–H and O–H groups in total. The van der Waals surface area contributed by atoms with Gasteiger partial charge in [0, 0.05) is 6.04 Å². The molecule has 14 heavy (non-hydrogen) atoms. The van der Waals surface area contributed by atoms with Crippen molar-refractivity contribution in [1.29, 1.82) is 0 Å². The van der Waals surface area contributed by atoms with E-state index in [9.17, 15) is 9.90 Å². The van der Waals surface area contributed by atoms with Crippen LogP contribution in [0.25, 0.3) is 0 Å². The summed E-state index contributed by atoms with van der Waals surface area (Å²) in [4.78, 5) is 11.6. The van der Waals surface area contributed by atoms with Crippen molar-refractivity contribution in [2.45, 2.75) is 44.7 Å². The first-order chi connectivity index (χ1) is 6.58. The first-order valence-electron chi connectivity index (χ1n) is 5.27. The Hall–Kier alpha value is -0.610. The molecule has 1 rings (SSSR count). The number of amides is 1. The lowest BCUT2D eigenvalue weighted by atomic mass is 9.93. The third-order valence-corrected chi connectivity index (χ3v) is 3.22. The number of hydrogen-bond acceptors (Lipinski definition) is 3. The van der Waals surface area contributed by atoms with Gasteiger partial charge in [-0.15, -0.1) is 0 Å². The van der Waals surface area contributed by atoms with Gasteiger partial charge in [-0.05, 0) is 19.3 Å². The number of nitrogens with two attached hydrogens (primary N) is 1. The van der Waals surface area contributed by atoms with E-state index in [1.807, 2.05) is 13.8 Å². The number of aliphatic hydroxyl groups is 1. The topological polar surface area (TPSA) is 75.3 Å². The Morgan fingerprint density at radius 2 is 2.07 bits per heavy atom. The molecule has 0 bridgehead atoms. The van der Waals surface area contributed by atoms with Crippen LogP contribution in [-0.2, 0) is 4.79 Å². The Morgan fingerprint density at radius 1 is 1.57 bits per heavy atom. The second-order valence-electron chi connectivity index (χ2n) is 4.14. The van der Waals surface area contributed by atoms with Crippen LogP contribution in [-0.4, -0.2) is 29.2 Å². The van der Waals surface area contributed by atoms with Gasteiger partial charge in [0.15, 0.2) is 0 Å². The minimum Gasteiger partial charge on any atom is -0.394 e. The lowest BCUT2D eigenvalue weighted by molar-refractivity contribution is -0.125. The molecule has 0 spiro atoms. The Bertz CT molecular complexity index is 206. The fourth-order valence-electron chi connectivity index (χ4n) is 1.56. The molecule has 1 aliphatic carbocycles. The van der Waals surface area contributed by atoms with Crippen LogP contribution in [0.2, 0.25) is 0 Å². The molecule has 1 aliphatic rings. The number of hydrogen-bond donors (Lipinski definition) is 3. The van der Waals surface area contributed by atoms with E-state index in [-0.39, 0.29) is 24.5 Å². The van der Waals surface area contributed by atoms with Gasteiger partial charge in [-0.3, -0.25) is 4.79 Å². The van der Waals surface area contributed by atoms with Gasteiger partial charge in [0.05, 0.1) is 18.1 Å². The molecule has 0 aromatic rings. The van der Waals surface area contributed by atoms with Gasteiger partial charge in [-0.1, -0.05) is 13.8 Å². The quantitative estimate of drug-likeness (QED) is 0.585. The monoisotopic (exact) mass is 200 g/mol. The molecule has 1 fully saturated rings. The highest BCUT2D eigenvalue weighted by molar-refractivity contribution is 5.83. The lowest BCUT2D eigenvalue weighted by Gasteiger charge is -2.30. The van der Waals surface area contributed by atoms with Gasteiger partial charge in [0.25, 0.3) is 0 Å². The van der Waals surface area contributed by atoms with Crippen LogP contribution in [0.4, 0.5) is 0 Å². The standard InChI is InChI=1S/C10H20N2O2/c1-3-10(4-2,6-13)12-9(14)7-5-8(7)11/h7-8,13H,3-6,11H2,1-2H3,(H,12,14). The number of nitrogens with one attached hydrogen (secondary N) is 1. The summed E-state index contributed by atoms with van der Waals surface area (Å²) >= 11 is 0. The Kier molecular flexibility index (Phi) is 3.50. The fourth-order valence-corrected chi connectivity index (χ4v) is 1.56. The second kappa shape index (κ2) is 4.28. The smallest absolute Gasteiger partial charge is 0.225 e. The number of aliphatic hydroxyl groups excluding tert-OH is 1. The van der Waals surface area contributed by atoms with Gasteiger partial charge >= 0.3 is 0 Å². The molecule has 0 saturated heterocycles. The van der Waals surface area contributed by atoms with E-state index < -0.39 is 5.54 Å². The molecule has 82 valence electrons. The molecule has 0 aliphatic heterocycles. The maximum absolute atomic E-state index is 11.6. The summed E-state index contributed by atoms with van der Waals surface area (Å²) in [5.74, 6) is -0.0331. The molecule has 4 nitrogen and oxygen atoms in total. The number of carbonyl (C=O) groups is 1. The van der Waals surface area contributed by atoms with Crippen molar-refractivity contribution in [3.63, 3.8) is 0 Å². The van der Waals surface area contributed by atoms with Crippen molar-refractivity contribution in [2.24, 2.45) is 11.7 Å². The van der Waals surface area contributed by atoms with E-state index in [1.54, 1.807) is 0 Å². The molecule has 2 atom stereocenters. The highest BCUT2D eigenvalue weighted by atomic mass is 16.3. The second-order valence-corrected chi connectivity index (χ2v) is 4.14. The summed E-state index contributed by atoms with van der Waals surface area (Å²) in [7, 11) is 0. The van der Waals surface area contributed by atoms with Gasteiger partial charge in [0.2, 0.25) is 5.91 Å². The predicted octanol–water partition coefficient (Wildman–Crippen LogP) is 0.000900. The van der Waals surface area contributed by atoms with Crippen molar-refractivity contribution < 1.29 is 9.90 Å². The van der Waals surface area contributed by atoms with Gasteiger partial charge < -0.3 is 16.2 Å². The lowest BCUT2D eigenvalue weighted by Crippen LogP contribution is -2.51. The zero-order valence-electron chi connectivity index (χ0n) is 8.92. The van der Waals surface area contributed by atoms with Crippen molar-refractivity contribution in [3.8, 4) is 0 Å². The van der Waals surface area contributed by atoms with Crippen molar-refractivity contribution in [3.05, 3.63) is 0 Å². The molecule has 4 heteroatoms. The summed E-state index contributed by atoms with van der Waals surface area (Å²) in [6.07, 6.45) is 2.27. The van der Waals surface area contributed by atoms with Crippen molar-refractivity contribution >= 4 is 5.91 Å². The van der Waals surface area contributed by atoms with E-state index in [0.29, 0.717) is 0 Å². The maximum atomic E-state index is 11.6. The van der Waals surface area contributed by atoms with Crippen LogP contribution in [0.1, 0.15) is 33.1 Å². The summed E-state index contributed by atoms with van der Waals surface area (Å²) in [6.45, 7) is 3.92. The molecule has 2 unspecified atom stereocenters. The molecule has 1 amide bonds. The SMILES string of the molecule is CCC(CC)(CO)NC(=O)C1CC1N. The Labute approximate surface area is 84.9 Å². The summed E-state index contributed by atoms with van der Waals surface area (Å²) in [5, 5.41) is 12.2. The zero-order valence-corrected chi connectivity index (χ0v) is 8.92. The van der Waals surface area contributed by atoms with E-state index in [1.165, 1.54) is 0 Å². The van der Waals surface area contributed by atoms with Crippen LogP contribution in [0.15, 0.2) is 0 Å². The summed E-state index contributed by atoms with van der Waals surface area (Å²) < 4.78 is 0. The van der Waals surface area contributed by atoms with E-state index in [2.05, 4.69) is 5.32 Å². The molecule has 0 radical (unpaired) electrons. The number of carbonyl (C=O) groups excluding carboxylic acids is 1. The van der Waals surface area contributed by atoms with E-state index >= 15 is 0 Å². The molecule has 0 heterocycles. The van der Waals surface area contributed by atoms with Gasteiger partial charge in [-0.25, -0.2) is 0 Å². The maximum Gasteiger partial charge on any atom is 0.225 e. The Morgan fingerprint density at radius 3 is 2.36 bits per heavy atom. The minimum atomic E-state index is -0.445. The molecule has 0 aromatic carbocycles. The van der Waals surface area contributed by atoms with Crippen molar-refractivity contribution in [2.75, 3.05) is 6.61 Å². The van der Waals surface area contributed by atoms with Crippen LogP contribution in [0.3, 0.4) is 0 Å². The third kappa shape index (κ3) is 2.25. The van der Waals surface area contributed by atoms with Crippen LogP contribution < -0.4 is 11.1 Å². The predicted molar refractivity (Wildman–Crippen MR) is 54.6 cm³/mol. The molecule has 1 saturated carbocycles. The normalized spacial score (nSPS) is 26.0. The van der Waals surface area contributed by atoms with Gasteiger partial charge in [0.1, 0.15) is 0 Å². The molecule has 0 aromatic heterocycles.